The van der Waals surface area contributed by atoms with Gasteiger partial charge in [-0.1, -0.05) is 27.7 Å². The SMILES string of the molecule is CN(CC(=O)N1CCC(C(C)(C)CCC(C)(C)CCNC(=O)COC(C)(C)C)CC1)C(C)(C)C. The van der Waals surface area contributed by atoms with Gasteiger partial charge in [0.1, 0.15) is 6.61 Å². The molecule has 0 aromatic rings. The number of nitrogens with zero attached hydrogens (tertiary/aromatic N) is 2. The van der Waals surface area contributed by atoms with Crippen LogP contribution in [0.5, 0.6) is 0 Å². The molecule has 1 heterocycles. The molecule has 2 amide bonds. The van der Waals surface area contributed by atoms with Crippen molar-refractivity contribution in [2.45, 2.75) is 112 Å². The van der Waals surface area contributed by atoms with Crippen molar-refractivity contribution in [3.63, 3.8) is 0 Å². The Bertz CT molecular complexity index is 651. The van der Waals surface area contributed by atoms with Gasteiger partial charge in [0.2, 0.25) is 11.8 Å². The van der Waals surface area contributed by atoms with Gasteiger partial charge in [0.25, 0.3) is 0 Å². The van der Waals surface area contributed by atoms with Crippen molar-refractivity contribution >= 4 is 11.8 Å². The maximum Gasteiger partial charge on any atom is 0.246 e. The van der Waals surface area contributed by atoms with E-state index in [0.29, 0.717) is 19.0 Å². The standard InChI is InChI=1S/C28H55N3O3/c1-25(2,3)30(11)20-24(33)31-18-12-22(13-19-31)28(9,10)15-14-27(7,8)16-17-29-23(32)21-34-26(4,5)6/h22H,12-21H2,1-11H3,(H,29,32). The van der Waals surface area contributed by atoms with Crippen molar-refractivity contribution in [1.82, 2.24) is 15.1 Å². The van der Waals surface area contributed by atoms with Crippen LogP contribution in [-0.4, -0.2) is 72.6 Å². The Kier molecular flexibility index (Phi) is 11.1. The van der Waals surface area contributed by atoms with Crippen molar-refractivity contribution in [3.05, 3.63) is 0 Å². The van der Waals surface area contributed by atoms with E-state index in [-0.39, 0.29) is 40.4 Å². The zero-order valence-electron chi connectivity index (χ0n) is 24.3. The lowest BCUT2D eigenvalue weighted by atomic mass is 9.68. The fourth-order valence-corrected chi connectivity index (χ4v) is 4.31. The second kappa shape index (κ2) is 12.2. The number of likely N-dealkylation sites (N-methyl/N-ethyl adjacent to an activating group) is 1. The molecule has 34 heavy (non-hydrogen) atoms. The number of nitrogens with one attached hydrogen (secondary N) is 1. The third kappa shape index (κ3) is 11.5. The zero-order valence-corrected chi connectivity index (χ0v) is 24.3. The number of hydrogen-bond acceptors (Lipinski definition) is 4. The van der Waals surface area contributed by atoms with E-state index in [9.17, 15) is 9.59 Å². The predicted octanol–water partition coefficient (Wildman–Crippen LogP) is 5.11. The van der Waals surface area contributed by atoms with E-state index < -0.39 is 0 Å². The fourth-order valence-electron chi connectivity index (χ4n) is 4.31. The summed E-state index contributed by atoms with van der Waals surface area (Å²) in [6, 6.07) is 0. The molecule has 1 aliphatic rings. The number of carbonyl (C=O) groups excluding carboxylic acids is 2. The summed E-state index contributed by atoms with van der Waals surface area (Å²) in [4.78, 5) is 29.0. The molecule has 0 aliphatic carbocycles. The summed E-state index contributed by atoms with van der Waals surface area (Å²) in [5.41, 5.74) is 0.127. The van der Waals surface area contributed by atoms with Crippen molar-refractivity contribution < 1.29 is 14.3 Å². The Labute approximate surface area is 210 Å². The van der Waals surface area contributed by atoms with Gasteiger partial charge in [-0.25, -0.2) is 0 Å². The molecule has 6 heteroatoms. The zero-order chi connectivity index (χ0) is 26.4. The molecule has 1 fully saturated rings. The van der Waals surface area contributed by atoms with Crippen LogP contribution in [-0.2, 0) is 14.3 Å². The maximum atomic E-state index is 12.8. The first kappa shape index (κ1) is 30.9. The molecule has 200 valence electrons. The van der Waals surface area contributed by atoms with Crippen molar-refractivity contribution in [1.29, 1.82) is 0 Å². The summed E-state index contributed by atoms with van der Waals surface area (Å²) >= 11 is 0. The minimum absolute atomic E-state index is 0.00574. The molecule has 1 aliphatic heterocycles. The van der Waals surface area contributed by atoms with Gasteiger partial charge < -0.3 is 15.0 Å². The molecule has 0 unspecified atom stereocenters. The summed E-state index contributed by atoms with van der Waals surface area (Å²) in [5, 5.41) is 3.01. The highest BCUT2D eigenvalue weighted by Crippen LogP contribution is 2.42. The van der Waals surface area contributed by atoms with Crippen LogP contribution >= 0.6 is 0 Å². The minimum atomic E-state index is -0.297. The van der Waals surface area contributed by atoms with Gasteiger partial charge in [-0.2, -0.15) is 0 Å². The van der Waals surface area contributed by atoms with E-state index in [0.717, 1.165) is 45.2 Å². The third-order valence-corrected chi connectivity index (χ3v) is 7.68. The molecule has 0 aromatic carbocycles. The molecule has 1 saturated heterocycles. The normalized spacial score (nSPS) is 16.8. The quantitative estimate of drug-likeness (QED) is 0.445. The fraction of sp³-hybridized carbons (Fsp3) is 0.929. The average molecular weight is 482 g/mol. The Hall–Kier alpha value is -1.14. The van der Waals surface area contributed by atoms with Gasteiger partial charge in [0.05, 0.1) is 12.1 Å². The van der Waals surface area contributed by atoms with Gasteiger partial charge in [-0.15, -0.1) is 0 Å². The van der Waals surface area contributed by atoms with Gasteiger partial charge in [0, 0.05) is 25.2 Å². The first-order valence-electron chi connectivity index (χ1n) is 13.2. The molecule has 1 rings (SSSR count). The van der Waals surface area contributed by atoms with E-state index in [4.69, 9.17) is 4.74 Å². The van der Waals surface area contributed by atoms with Crippen LogP contribution in [0, 0.1) is 16.7 Å². The summed E-state index contributed by atoms with van der Waals surface area (Å²) in [5.74, 6) is 0.854. The number of carbonyl (C=O) groups is 2. The summed E-state index contributed by atoms with van der Waals surface area (Å²) < 4.78 is 5.55. The van der Waals surface area contributed by atoms with Gasteiger partial charge >= 0.3 is 0 Å². The largest absolute Gasteiger partial charge is 0.366 e. The van der Waals surface area contributed by atoms with Crippen LogP contribution in [0.25, 0.3) is 0 Å². The highest BCUT2D eigenvalue weighted by Gasteiger charge is 2.35. The second-order valence-electron chi connectivity index (χ2n) is 13.8. The molecule has 0 radical (unpaired) electrons. The monoisotopic (exact) mass is 481 g/mol. The Morgan fingerprint density at radius 1 is 0.912 bits per heavy atom. The van der Waals surface area contributed by atoms with E-state index >= 15 is 0 Å². The molecular formula is C28H55N3O3. The molecule has 0 bridgehead atoms. The van der Waals surface area contributed by atoms with Gasteiger partial charge in [-0.05, 0) is 97.4 Å². The Morgan fingerprint density at radius 3 is 1.97 bits per heavy atom. The van der Waals surface area contributed by atoms with Crippen LogP contribution in [0.3, 0.4) is 0 Å². The van der Waals surface area contributed by atoms with E-state index in [1.807, 2.05) is 27.8 Å². The van der Waals surface area contributed by atoms with Crippen LogP contribution in [0.2, 0.25) is 0 Å². The summed E-state index contributed by atoms with van der Waals surface area (Å²) in [6.45, 7) is 24.7. The highest BCUT2D eigenvalue weighted by atomic mass is 16.5. The molecule has 6 nitrogen and oxygen atoms in total. The Morgan fingerprint density at radius 2 is 1.47 bits per heavy atom. The number of amides is 2. The van der Waals surface area contributed by atoms with E-state index in [1.165, 1.54) is 0 Å². The minimum Gasteiger partial charge on any atom is -0.366 e. The maximum absolute atomic E-state index is 12.8. The van der Waals surface area contributed by atoms with Crippen LogP contribution in [0.15, 0.2) is 0 Å². The lowest BCUT2D eigenvalue weighted by Crippen LogP contribution is -2.49. The summed E-state index contributed by atoms with van der Waals surface area (Å²) in [6.07, 6.45) is 5.42. The first-order valence-corrected chi connectivity index (χ1v) is 13.2. The van der Waals surface area contributed by atoms with Crippen molar-refractivity contribution in [2.75, 3.05) is 39.8 Å². The number of likely N-dealkylation sites (tertiary alicyclic amines) is 1. The molecule has 0 spiro atoms. The lowest BCUT2D eigenvalue weighted by molar-refractivity contribution is -0.135. The van der Waals surface area contributed by atoms with Crippen molar-refractivity contribution in [2.24, 2.45) is 16.7 Å². The molecular weight excluding hydrogens is 426 g/mol. The smallest absolute Gasteiger partial charge is 0.246 e. The third-order valence-electron chi connectivity index (χ3n) is 7.68. The van der Waals surface area contributed by atoms with Crippen molar-refractivity contribution in [3.8, 4) is 0 Å². The Balaban J connectivity index is 2.42. The average Bonchev–Trinajstić information content (AvgIpc) is 2.69. The van der Waals surface area contributed by atoms with E-state index in [2.05, 4.69) is 63.6 Å². The molecule has 0 saturated carbocycles. The molecule has 0 aromatic heterocycles. The topological polar surface area (TPSA) is 61.9 Å². The number of piperidine rings is 1. The van der Waals surface area contributed by atoms with Gasteiger partial charge in [0.15, 0.2) is 0 Å². The first-order chi connectivity index (χ1) is 15.3. The van der Waals surface area contributed by atoms with Crippen LogP contribution < -0.4 is 5.32 Å². The van der Waals surface area contributed by atoms with E-state index in [1.54, 1.807) is 0 Å². The number of hydrogen-bond donors (Lipinski definition) is 1. The molecule has 0 atom stereocenters. The number of ether oxygens (including phenoxy) is 1. The van der Waals surface area contributed by atoms with Crippen LogP contribution in [0.4, 0.5) is 0 Å². The van der Waals surface area contributed by atoms with Gasteiger partial charge in [-0.3, -0.25) is 14.5 Å². The lowest BCUT2D eigenvalue weighted by Gasteiger charge is -2.43. The van der Waals surface area contributed by atoms with Crippen LogP contribution in [0.1, 0.15) is 101 Å². The number of rotatable bonds is 11. The predicted molar refractivity (Wildman–Crippen MR) is 142 cm³/mol. The second-order valence-corrected chi connectivity index (χ2v) is 13.8. The summed E-state index contributed by atoms with van der Waals surface area (Å²) in [7, 11) is 2.03. The highest BCUT2D eigenvalue weighted by molar-refractivity contribution is 5.78. The molecule has 1 N–H and O–H groups in total.